The molecule has 0 bridgehead atoms. The number of hydrogen-bond donors (Lipinski definition) is 1. The molecule has 144 valence electrons. The predicted octanol–water partition coefficient (Wildman–Crippen LogP) is 5.51. The molecule has 1 unspecified atom stereocenters. The average Bonchev–Trinajstić information content (AvgIpc) is 3.06. The third-order valence-corrected chi connectivity index (χ3v) is 6.47. The molecule has 0 spiro atoms. The number of ether oxygens (including phenoxy) is 1. The summed E-state index contributed by atoms with van der Waals surface area (Å²) in [6.45, 7) is 4.51. The van der Waals surface area contributed by atoms with E-state index in [1.807, 2.05) is 25.1 Å². The van der Waals surface area contributed by atoms with Crippen LogP contribution in [-0.4, -0.2) is 16.1 Å². The van der Waals surface area contributed by atoms with Gasteiger partial charge in [0.15, 0.2) is 0 Å². The van der Waals surface area contributed by atoms with Crippen LogP contribution in [0.1, 0.15) is 46.0 Å². The third-order valence-electron chi connectivity index (χ3n) is 5.29. The lowest BCUT2D eigenvalue weighted by atomic mass is 9.83. The van der Waals surface area contributed by atoms with Crippen LogP contribution in [0.4, 0.5) is 0 Å². The van der Waals surface area contributed by atoms with Gasteiger partial charge < -0.3 is 9.84 Å². The van der Waals surface area contributed by atoms with Crippen molar-refractivity contribution < 1.29 is 14.6 Å². The Labute approximate surface area is 168 Å². The molecule has 0 saturated carbocycles. The quantitative estimate of drug-likeness (QED) is 0.621. The van der Waals surface area contributed by atoms with Crippen LogP contribution in [0.5, 0.6) is 5.75 Å². The first-order chi connectivity index (χ1) is 13.5. The van der Waals surface area contributed by atoms with Gasteiger partial charge in [-0.1, -0.05) is 35.9 Å². The molecule has 2 aromatic carbocycles. The van der Waals surface area contributed by atoms with Crippen LogP contribution >= 0.6 is 11.3 Å². The Balaban J connectivity index is 1.51. The van der Waals surface area contributed by atoms with E-state index in [-0.39, 0.29) is 0 Å². The van der Waals surface area contributed by atoms with Crippen LogP contribution in [-0.2, 0) is 17.8 Å². The zero-order valence-electron chi connectivity index (χ0n) is 16.1. The number of carboxylic acids is 1. The van der Waals surface area contributed by atoms with E-state index in [0.29, 0.717) is 13.0 Å². The van der Waals surface area contributed by atoms with Crippen molar-refractivity contribution in [3.05, 3.63) is 69.7 Å². The molecule has 5 heteroatoms. The highest BCUT2D eigenvalue weighted by Crippen LogP contribution is 2.35. The number of aryl methyl sites for hydroxylation is 3. The Morgan fingerprint density at radius 1 is 1.21 bits per heavy atom. The number of hydrogen-bond acceptors (Lipinski definition) is 4. The highest BCUT2D eigenvalue weighted by Gasteiger charge is 2.26. The number of carbonyl (C=O) groups is 1. The van der Waals surface area contributed by atoms with E-state index < -0.39 is 11.9 Å². The second kappa shape index (κ2) is 7.76. The predicted molar refractivity (Wildman–Crippen MR) is 111 cm³/mol. The Morgan fingerprint density at radius 3 is 2.75 bits per heavy atom. The van der Waals surface area contributed by atoms with Gasteiger partial charge in [0.2, 0.25) is 0 Å². The van der Waals surface area contributed by atoms with Gasteiger partial charge in [-0.3, -0.25) is 4.79 Å². The van der Waals surface area contributed by atoms with E-state index in [2.05, 4.69) is 36.2 Å². The van der Waals surface area contributed by atoms with Gasteiger partial charge in [0.05, 0.1) is 16.5 Å². The lowest BCUT2D eigenvalue weighted by molar-refractivity contribution is -0.139. The normalized spacial score (nSPS) is 15.9. The van der Waals surface area contributed by atoms with Crippen LogP contribution in [0, 0.1) is 13.8 Å². The molecule has 0 amide bonds. The smallest absolute Gasteiger partial charge is 0.310 e. The van der Waals surface area contributed by atoms with Crippen molar-refractivity contribution in [1.29, 1.82) is 0 Å². The number of aliphatic carboxylic acids is 1. The van der Waals surface area contributed by atoms with Gasteiger partial charge in [-0.2, -0.15) is 0 Å². The van der Waals surface area contributed by atoms with Crippen molar-refractivity contribution in [3.63, 3.8) is 0 Å². The molecule has 1 aliphatic carbocycles. The fraction of sp³-hybridized carbons (Fsp3) is 0.304. The van der Waals surface area contributed by atoms with E-state index in [0.717, 1.165) is 50.9 Å². The van der Waals surface area contributed by atoms with Crippen molar-refractivity contribution in [1.82, 2.24) is 4.98 Å². The van der Waals surface area contributed by atoms with E-state index in [1.165, 1.54) is 5.56 Å². The maximum atomic E-state index is 11.6. The largest absolute Gasteiger partial charge is 0.488 e. The van der Waals surface area contributed by atoms with E-state index in [9.17, 15) is 9.90 Å². The molecule has 4 nitrogen and oxygen atoms in total. The van der Waals surface area contributed by atoms with Crippen molar-refractivity contribution >= 4 is 17.3 Å². The molecule has 0 aliphatic heterocycles. The third kappa shape index (κ3) is 3.80. The first kappa shape index (κ1) is 18.7. The van der Waals surface area contributed by atoms with E-state index >= 15 is 0 Å². The van der Waals surface area contributed by atoms with Crippen LogP contribution in [0.3, 0.4) is 0 Å². The lowest BCUT2D eigenvalue weighted by Crippen LogP contribution is -2.18. The molecule has 3 aromatic rings. The Hall–Kier alpha value is -2.66. The zero-order valence-corrected chi connectivity index (χ0v) is 16.9. The summed E-state index contributed by atoms with van der Waals surface area (Å²) >= 11 is 1.64. The zero-order chi connectivity index (χ0) is 19.7. The molecular formula is C23H23NO3S. The molecule has 0 fully saturated rings. The van der Waals surface area contributed by atoms with Crippen molar-refractivity contribution in [2.45, 2.75) is 45.6 Å². The van der Waals surface area contributed by atoms with Crippen LogP contribution in [0.25, 0.3) is 10.6 Å². The molecular weight excluding hydrogens is 370 g/mol. The molecule has 1 N–H and O–H groups in total. The summed E-state index contributed by atoms with van der Waals surface area (Å²) < 4.78 is 6.01. The van der Waals surface area contributed by atoms with Gasteiger partial charge in [-0.05, 0) is 56.4 Å². The summed E-state index contributed by atoms with van der Waals surface area (Å²) in [7, 11) is 0. The number of carboxylic acid groups (broad SMARTS) is 1. The summed E-state index contributed by atoms with van der Waals surface area (Å²) in [5, 5.41) is 10.5. The summed E-state index contributed by atoms with van der Waals surface area (Å²) in [5.74, 6) is -0.457. The monoisotopic (exact) mass is 393 g/mol. The number of nitrogens with zero attached hydrogens (tertiary/aromatic N) is 1. The summed E-state index contributed by atoms with van der Waals surface area (Å²) in [6, 6.07) is 14.2. The van der Waals surface area contributed by atoms with Crippen molar-refractivity contribution in [2.75, 3.05) is 0 Å². The second-order valence-electron chi connectivity index (χ2n) is 7.33. The van der Waals surface area contributed by atoms with Gasteiger partial charge in [-0.25, -0.2) is 4.98 Å². The average molecular weight is 394 g/mol. The highest BCUT2D eigenvalue weighted by molar-refractivity contribution is 7.15. The van der Waals surface area contributed by atoms with Gasteiger partial charge in [0, 0.05) is 5.56 Å². The van der Waals surface area contributed by atoms with Crippen LogP contribution < -0.4 is 4.74 Å². The summed E-state index contributed by atoms with van der Waals surface area (Å²) in [4.78, 5) is 17.3. The number of rotatable bonds is 5. The summed E-state index contributed by atoms with van der Waals surface area (Å²) in [6.07, 6.45) is 2.55. The van der Waals surface area contributed by atoms with Crippen LogP contribution in [0.15, 0.2) is 42.5 Å². The first-order valence-corrected chi connectivity index (χ1v) is 10.3. The fourth-order valence-electron chi connectivity index (χ4n) is 3.65. The van der Waals surface area contributed by atoms with E-state index in [4.69, 9.17) is 4.74 Å². The Kier molecular flexibility index (Phi) is 5.18. The standard InChI is InChI=1S/C23H23NO3S/c1-14-6-8-17(9-7-14)22-24-15(2)21(28-22)13-27-18-11-10-16-4-3-5-19(23(25)26)20(16)12-18/h6-12,19H,3-5,13H2,1-2H3,(H,25,26). The maximum absolute atomic E-state index is 11.6. The van der Waals surface area contributed by atoms with Gasteiger partial charge in [-0.15, -0.1) is 11.3 Å². The molecule has 4 rings (SSSR count). The minimum Gasteiger partial charge on any atom is -0.488 e. The van der Waals surface area contributed by atoms with Gasteiger partial charge in [0.1, 0.15) is 17.4 Å². The van der Waals surface area contributed by atoms with Gasteiger partial charge >= 0.3 is 5.97 Å². The maximum Gasteiger partial charge on any atom is 0.310 e. The first-order valence-electron chi connectivity index (χ1n) is 9.53. The number of fused-ring (bicyclic) bond motifs is 1. The molecule has 1 aromatic heterocycles. The fourth-order valence-corrected chi connectivity index (χ4v) is 4.64. The van der Waals surface area contributed by atoms with Crippen molar-refractivity contribution in [2.24, 2.45) is 0 Å². The SMILES string of the molecule is Cc1ccc(-c2nc(C)c(COc3ccc4c(c3)C(C(=O)O)CCC4)s2)cc1. The molecule has 1 heterocycles. The van der Waals surface area contributed by atoms with E-state index in [1.54, 1.807) is 11.3 Å². The molecule has 1 atom stereocenters. The molecule has 1 aliphatic rings. The highest BCUT2D eigenvalue weighted by atomic mass is 32.1. The van der Waals surface area contributed by atoms with Gasteiger partial charge in [0.25, 0.3) is 0 Å². The minimum atomic E-state index is -0.751. The lowest BCUT2D eigenvalue weighted by Gasteiger charge is -2.23. The second-order valence-corrected chi connectivity index (χ2v) is 8.41. The van der Waals surface area contributed by atoms with Crippen LogP contribution in [0.2, 0.25) is 0 Å². The Bertz CT molecular complexity index is 1010. The summed E-state index contributed by atoms with van der Waals surface area (Å²) in [5.41, 5.74) is 5.34. The topological polar surface area (TPSA) is 59.4 Å². The van der Waals surface area contributed by atoms with Crippen molar-refractivity contribution in [3.8, 4) is 16.3 Å². The Morgan fingerprint density at radius 2 is 2.00 bits per heavy atom. The molecule has 0 saturated heterocycles. The minimum absolute atomic E-state index is 0.425. The molecule has 28 heavy (non-hydrogen) atoms. The number of thiazole rings is 1. The molecule has 0 radical (unpaired) electrons. The number of aromatic nitrogens is 1. The number of benzene rings is 2.